The molecular formula is C17H23N3O. The van der Waals surface area contributed by atoms with Gasteiger partial charge in [-0.25, -0.2) is 4.99 Å². The maximum Gasteiger partial charge on any atom is 0.136 e. The minimum absolute atomic E-state index is 0.284. The lowest BCUT2D eigenvalue weighted by molar-refractivity contribution is 0.152. The summed E-state index contributed by atoms with van der Waals surface area (Å²) in [5.41, 5.74) is 2.13. The average molecular weight is 285 g/mol. The molecule has 21 heavy (non-hydrogen) atoms. The number of rotatable bonds is 2. The van der Waals surface area contributed by atoms with E-state index in [2.05, 4.69) is 28.3 Å². The largest absolute Gasteiger partial charge is 0.508 e. The lowest BCUT2D eigenvalue weighted by Gasteiger charge is -2.39. The molecule has 1 aromatic carbocycles. The molecule has 112 valence electrons. The number of aryl methyl sites for hydroxylation is 1. The molecule has 0 radical (unpaired) electrons. The van der Waals surface area contributed by atoms with Gasteiger partial charge in [-0.2, -0.15) is 0 Å². The molecule has 0 aromatic heterocycles. The number of phenolic OH excluding ortho intramolecular Hbond substituents is 1. The van der Waals surface area contributed by atoms with Gasteiger partial charge in [-0.15, -0.1) is 0 Å². The van der Waals surface area contributed by atoms with Gasteiger partial charge in [0, 0.05) is 37.4 Å². The van der Waals surface area contributed by atoms with Gasteiger partial charge in [0.25, 0.3) is 0 Å². The van der Waals surface area contributed by atoms with E-state index in [-0.39, 0.29) is 5.75 Å². The molecule has 0 spiro atoms. The smallest absolute Gasteiger partial charge is 0.136 e. The SMILES string of the molecule is C=CN=C(c1cc(O)ccc1C)N1CCN2CCCC2C1. The summed E-state index contributed by atoms with van der Waals surface area (Å²) < 4.78 is 0. The zero-order chi connectivity index (χ0) is 14.8. The summed E-state index contributed by atoms with van der Waals surface area (Å²) in [6.07, 6.45) is 4.17. The van der Waals surface area contributed by atoms with Crippen LogP contribution in [0.4, 0.5) is 0 Å². The van der Waals surface area contributed by atoms with Crippen LogP contribution < -0.4 is 0 Å². The van der Waals surface area contributed by atoms with Crippen molar-refractivity contribution in [1.29, 1.82) is 0 Å². The molecule has 3 rings (SSSR count). The zero-order valence-electron chi connectivity index (χ0n) is 12.6. The fourth-order valence-electron chi connectivity index (χ4n) is 3.44. The number of aliphatic imine (C=N–C) groups is 1. The van der Waals surface area contributed by atoms with E-state index in [1.54, 1.807) is 18.3 Å². The number of aromatic hydroxyl groups is 1. The number of amidine groups is 1. The van der Waals surface area contributed by atoms with Crippen LogP contribution in [-0.2, 0) is 0 Å². The van der Waals surface area contributed by atoms with Crippen molar-refractivity contribution in [1.82, 2.24) is 9.80 Å². The van der Waals surface area contributed by atoms with Crippen LogP contribution in [0, 0.1) is 6.92 Å². The van der Waals surface area contributed by atoms with Gasteiger partial charge < -0.3 is 10.0 Å². The Labute approximate surface area is 126 Å². The molecular weight excluding hydrogens is 262 g/mol. The van der Waals surface area contributed by atoms with Gasteiger partial charge >= 0.3 is 0 Å². The second kappa shape index (κ2) is 5.90. The summed E-state index contributed by atoms with van der Waals surface area (Å²) >= 11 is 0. The highest BCUT2D eigenvalue weighted by atomic mass is 16.3. The van der Waals surface area contributed by atoms with Crippen LogP contribution in [0.25, 0.3) is 0 Å². The second-order valence-electron chi connectivity index (χ2n) is 5.91. The molecule has 4 nitrogen and oxygen atoms in total. The van der Waals surface area contributed by atoms with Crippen LogP contribution in [0.3, 0.4) is 0 Å². The third-order valence-corrected chi connectivity index (χ3v) is 4.56. The first-order valence-electron chi connectivity index (χ1n) is 7.66. The third-order valence-electron chi connectivity index (χ3n) is 4.56. The Balaban J connectivity index is 1.90. The fraction of sp³-hybridized carbons (Fsp3) is 0.471. The van der Waals surface area contributed by atoms with E-state index >= 15 is 0 Å². The van der Waals surface area contributed by atoms with Crippen molar-refractivity contribution in [2.24, 2.45) is 4.99 Å². The number of hydrogen-bond donors (Lipinski definition) is 1. The van der Waals surface area contributed by atoms with E-state index in [0.717, 1.165) is 36.6 Å². The first-order valence-corrected chi connectivity index (χ1v) is 7.66. The first kappa shape index (κ1) is 14.1. The summed E-state index contributed by atoms with van der Waals surface area (Å²) in [6, 6.07) is 6.11. The van der Waals surface area contributed by atoms with Crippen molar-refractivity contribution in [3.63, 3.8) is 0 Å². The van der Waals surface area contributed by atoms with Gasteiger partial charge in [-0.3, -0.25) is 4.90 Å². The minimum atomic E-state index is 0.284. The van der Waals surface area contributed by atoms with Crippen LogP contribution in [-0.4, -0.2) is 53.0 Å². The van der Waals surface area contributed by atoms with E-state index in [9.17, 15) is 5.11 Å². The quantitative estimate of drug-likeness (QED) is 0.670. The predicted molar refractivity (Wildman–Crippen MR) is 85.7 cm³/mol. The Bertz CT molecular complexity index is 567. The van der Waals surface area contributed by atoms with Crippen LogP contribution in [0.5, 0.6) is 5.75 Å². The summed E-state index contributed by atoms with van der Waals surface area (Å²) in [5, 5.41) is 9.80. The van der Waals surface area contributed by atoms with Crippen molar-refractivity contribution in [3.05, 3.63) is 42.1 Å². The number of hydrogen-bond acceptors (Lipinski definition) is 3. The summed E-state index contributed by atoms with van der Waals surface area (Å²) in [6.45, 7) is 10.1. The molecule has 0 bridgehead atoms. The molecule has 1 N–H and O–H groups in total. The molecule has 2 heterocycles. The molecule has 0 saturated carbocycles. The van der Waals surface area contributed by atoms with E-state index in [1.165, 1.54) is 19.4 Å². The molecule has 1 aromatic rings. The Morgan fingerprint density at radius 3 is 3.05 bits per heavy atom. The van der Waals surface area contributed by atoms with Gasteiger partial charge in [-0.1, -0.05) is 12.6 Å². The summed E-state index contributed by atoms with van der Waals surface area (Å²) in [7, 11) is 0. The highest BCUT2D eigenvalue weighted by Gasteiger charge is 2.32. The summed E-state index contributed by atoms with van der Waals surface area (Å²) in [4.78, 5) is 9.43. The molecule has 2 aliphatic rings. The molecule has 4 heteroatoms. The lowest BCUT2D eigenvalue weighted by atomic mass is 10.0. The maximum absolute atomic E-state index is 9.80. The van der Waals surface area contributed by atoms with Crippen LogP contribution >= 0.6 is 0 Å². The van der Waals surface area contributed by atoms with Gasteiger partial charge in [0.1, 0.15) is 11.6 Å². The normalized spacial score (nSPS) is 23.2. The lowest BCUT2D eigenvalue weighted by Crippen LogP contribution is -2.52. The average Bonchev–Trinajstić information content (AvgIpc) is 2.95. The first-order chi connectivity index (χ1) is 10.2. The van der Waals surface area contributed by atoms with Gasteiger partial charge in [0.15, 0.2) is 0 Å². The molecule has 0 aliphatic carbocycles. The number of phenols is 1. The topological polar surface area (TPSA) is 39.1 Å². The van der Waals surface area contributed by atoms with Crippen molar-refractivity contribution in [3.8, 4) is 5.75 Å². The Morgan fingerprint density at radius 2 is 2.24 bits per heavy atom. The van der Waals surface area contributed by atoms with Crippen molar-refractivity contribution >= 4 is 5.84 Å². The van der Waals surface area contributed by atoms with Crippen LogP contribution in [0.2, 0.25) is 0 Å². The minimum Gasteiger partial charge on any atom is -0.508 e. The van der Waals surface area contributed by atoms with Gasteiger partial charge in [0.2, 0.25) is 0 Å². The van der Waals surface area contributed by atoms with Crippen molar-refractivity contribution < 1.29 is 5.11 Å². The van der Waals surface area contributed by atoms with E-state index in [1.807, 2.05) is 6.07 Å². The number of piperazine rings is 1. The van der Waals surface area contributed by atoms with Crippen molar-refractivity contribution in [2.75, 3.05) is 26.2 Å². The fourth-order valence-corrected chi connectivity index (χ4v) is 3.44. The monoisotopic (exact) mass is 285 g/mol. The Morgan fingerprint density at radius 1 is 1.38 bits per heavy atom. The summed E-state index contributed by atoms with van der Waals surface area (Å²) in [5.74, 6) is 1.22. The predicted octanol–water partition coefficient (Wildman–Crippen LogP) is 2.37. The standard InChI is InChI=1S/C17H23N3O/c1-3-18-17(16-11-15(21)7-6-13(16)2)20-10-9-19-8-4-5-14(19)12-20/h3,6-7,11,14,21H,1,4-5,8-10,12H2,2H3. The van der Waals surface area contributed by atoms with E-state index in [0.29, 0.717) is 6.04 Å². The van der Waals surface area contributed by atoms with Gasteiger partial charge in [-0.05, 0) is 44.0 Å². The Kier molecular flexibility index (Phi) is 3.97. The van der Waals surface area contributed by atoms with Crippen LogP contribution in [0.15, 0.2) is 36.0 Å². The molecule has 1 unspecified atom stereocenters. The number of benzene rings is 1. The molecule has 2 fully saturated rings. The van der Waals surface area contributed by atoms with Gasteiger partial charge in [0.05, 0.1) is 0 Å². The highest BCUT2D eigenvalue weighted by Crippen LogP contribution is 2.25. The second-order valence-corrected chi connectivity index (χ2v) is 5.91. The molecule has 0 amide bonds. The highest BCUT2D eigenvalue weighted by molar-refractivity contribution is 6.00. The maximum atomic E-state index is 9.80. The zero-order valence-corrected chi connectivity index (χ0v) is 12.6. The van der Waals surface area contributed by atoms with Crippen LogP contribution in [0.1, 0.15) is 24.0 Å². The molecule has 2 saturated heterocycles. The van der Waals surface area contributed by atoms with Crippen molar-refractivity contribution in [2.45, 2.75) is 25.8 Å². The Hall–Kier alpha value is -1.81. The third kappa shape index (κ3) is 2.81. The number of fused-ring (bicyclic) bond motifs is 1. The van der Waals surface area contributed by atoms with E-state index < -0.39 is 0 Å². The number of nitrogens with zero attached hydrogens (tertiary/aromatic N) is 3. The van der Waals surface area contributed by atoms with E-state index in [4.69, 9.17) is 0 Å². The molecule has 1 atom stereocenters. The molecule has 2 aliphatic heterocycles.